The summed E-state index contributed by atoms with van der Waals surface area (Å²) in [6.07, 6.45) is 1.73. The molecule has 2 N–H and O–H groups in total. The smallest absolute Gasteiger partial charge is 0.335 e. The minimum absolute atomic E-state index is 0.167. The number of nitrogens with zero attached hydrogens (tertiary/aromatic N) is 1. The first-order valence-electron chi connectivity index (χ1n) is 8.94. The summed E-state index contributed by atoms with van der Waals surface area (Å²) in [6.45, 7) is 1.88. The van der Waals surface area contributed by atoms with Crippen LogP contribution >= 0.6 is 15.9 Å². The van der Waals surface area contributed by atoms with Crippen LogP contribution in [0.3, 0.4) is 0 Å². The number of carboxylic acids is 1. The zero-order valence-electron chi connectivity index (χ0n) is 15.4. The summed E-state index contributed by atoms with van der Waals surface area (Å²) in [5.41, 5.74) is 5.35. The summed E-state index contributed by atoms with van der Waals surface area (Å²) in [6, 6.07) is 17.4. The van der Waals surface area contributed by atoms with E-state index in [0.717, 1.165) is 15.8 Å². The molecule has 0 saturated carbocycles. The SMILES string of the molecule is C[C@H]1NN(c2ccc(C(=O)O)cc2)C(=O)/C1=C/c1ccc(-c2ccc(Br)cc2)o1. The van der Waals surface area contributed by atoms with Gasteiger partial charge in [0.1, 0.15) is 11.5 Å². The van der Waals surface area contributed by atoms with E-state index in [0.29, 0.717) is 17.0 Å². The molecule has 1 atom stereocenters. The molecule has 29 heavy (non-hydrogen) atoms. The molecule has 1 aliphatic rings. The van der Waals surface area contributed by atoms with E-state index < -0.39 is 5.97 Å². The zero-order chi connectivity index (χ0) is 20.5. The Bertz CT molecular complexity index is 1100. The van der Waals surface area contributed by atoms with Crippen molar-refractivity contribution in [2.24, 2.45) is 0 Å². The van der Waals surface area contributed by atoms with Crippen LogP contribution in [0, 0.1) is 0 Å². The summed E-state index contributed by atoms with van der Waals surface area (Å²) in [5, 5.41) is 10.4. The molecular formula is C22H17BrN2O4. The summed E-state index contributed by atoms with van der Waals surface area (Å²) in [4.78, 5) is 23.9. The molecule has 1 aliphatic heterocycles. The van der Waals surface area contributed by atoms with Gasteiger partial charge in [-0.05, 0) is 61.5 Å². The van der Waals surface area contributed by atoms with E-state index in [-0.39, 0.29) is 17.5 Å². The van der Waals surface area contributed by atoms with Crippen LogP contribution in [0.2, 0.25) is 0 Å². The molecule has 0 unspecified atom stereocenters. The third kappa shape index (κ3) is 3.87. The van der Waals surface area contributed by atoms with Crippen molar-refractivity contribution in [2.75, 3.05) is 5.01 Å². The van der Waals surface area contributed by atoms with E-state index in [9.17, 15) is 9.59 Å². The number of carbonyl (C=O) groups is 2. The molecule has 4 rings (SSSR count). The number of carboxylic acid groups (broad SMARTS) is 1. The van der Waals surface area contributed by atoms with Crippen molar-refractivity contribution < 1.29 is 19.1 Å². The van der Waals surface area contributed by atoms with Crippen molar-refractivity contribution in [3.05, 3.63) is 82.0 Å². The molecule has 2 aromatic carbocycles. The van der Waals surface area contributed by atoms with Crippen LogP contribution in [-0.4, -0.2) is 23.0 Å². The number of nitrogens with one attached hydrogen (secondary N) is 1. The third-order valence-corrected chi connectivity index (χ3v) is 5.19. The highest BCUT2D eigenvalue weighted by molar-refractivity contribution is 9.10. The van der Waals surface area contributed by atoms with E-state index >= 15 is 0 Å². The Morgan fingerprint density at radius 1 is 1.10 bits per heavy atom. The van der Waals surface area contributed by atoms with Crippen LogP contribution < -0.4 is 10.4 Å². The lowest BCUT2D eigenvalue weighted by atomic mass is 10.1. The van der Waals surface area contributed by atoms with Crippen LogP contribution in [0.15, 0.2) is 75.1 Å². The maximum absolute atomic E-state index is 12.9. The van der Waals surface area contributed by atoms with Gasteiger partial charge < -0.3 is 9.52 Å². The first-order valence-corrected chi connectivity index (χ1v) is 9.73. The van der Waals surface area contributed by atoms with Gasteiger partial charge in [0.05, 0.1) is 17.3 Å². The number of hydrogen-bond acceptors (Lipinski definition) is 4. The number of halogens is 1. The number of anilines is 1. The second kappa shape index (κ2) is 7.69. The quantitative estimate of drug-likeness (QED) is 0.559. The molecule has 0 bridgehead atoms. The lowest BCUT2D eigenvalue weighted by Crippen LogP contribution is -2.36. The van der Waals surface area contributed by atoms with Crippen LogP contribution in [-0.2, 0) is 4.79 Å². The topological polar surface area (TPSA) is 82.8 Å². The van der Waals surface area contributed by atoms with Gasteiger partial charge in [0.15, 0.2) is 0 Å². The fraction of sp³-hybridized carbons (Fsp3) is 0.0909. The van der Waals surface area contributed by atoms with Crippen LogP contribution in [0.25, 0.3) is 17.4 Å². The summed E-state index contributed by atoms with van der Waals surface area (Å²) < 4.78 is 6.88. The van der Waals surface area contributed by atoms with Crippen molar-refractivity contribution in [1.29, 1.82) is 0 Å². The highest BCUT2D eigenvalue weighted by Crippen LogP contribution is 2.28. The van der Waals surface area contributed by atoms with Gasteiger partial charge in [-0.3, -0.25) is 4.79 Å². The largest absolute Gasteiger partial charge is 0.478 e. The van der Waals surface area contributed by atoms with E-state index in [4.69, 9.17) is 9.52 Å². The predicted molar refractivity (Wildman–Crippen MR) is 113 cm³/mol. The van der Waals surface area contributed by atoms with Crippen LogP contribution in [0.1, 0.15) is 23.0 Å². The first kappa shape index (κ1) is 19.2. The highest BCUT2D eigenvalue weighted by Gasteiger charge is 2.33. The second-order valence-corrected chi connectivity index (χ2v) is 7.57. The molecule has 1 saturated heterocycles. The van der Waals surface area contributed by atoms with Crippen molar-refractivity contribution in [3.63, 3.8) is 0 Å². The van der Waals surface area contributed by atoms with Gasteiger partial charge >= 0.3 is 5.97 Å². The molecule has 3 aromatic rings. The van der Waals surface area contributed by atoms with E-state index in [1.165, 1.54) is 17.1 Å². The predicted octanol–water partition coefficient (Wildman–Crippen LogP) is 4.73. The normalized spacial score (nSPS) is 17.9. The standard InChI is InChI=1S/C22H17BrN2O4/c1-13-19(12-18-10-11-20(29-18)14-2-6-16(23)7-3-14)21(26)25(24-13)17-8-4-15(5-9-17)22(27)28/h2-13,24H,1H3,(H,27,28)/b19-12+/t13-/m1/s1. The third-order valence-electron chi connectivity index (χ3n) is 4.67. The monoisotopic (exact) mass is 452 g/mol. The lowest BCUT2D eigenvalue weighted by molar-refractivity contribution is -0.114. The Labute approximate surface area is 175 Å². The van der Waals surface area contributed by atoms with E-state index in [2.05, 4.69) is 21.4 Å². The Hall–Kier alpha value is -3.16. The minimum Gasteiger partial charge on any atom is -0.478 e. The first-order chi connectivity index (χ1) is 13.9. The highest BCUT2D eigenvalue weighted by atomic mass is 79.9. The van der Waals surface area contributed by atoms with Crippen molar-refractivity contribution in [3.8, 4) is 11.3 Å². The van der Waals surface area contributed by atoms with Crippen LogP contribution in [0.4, 0.5) is 5.69 Å². The average Bonchev–Trinajstić information content (AvgIpc) is 3.29. The number of rotatable bonds is 4. The number of carbonyl (C=O) groups excluding carboxylic acids is 1. The van der Waals surface area contributed by atoms with Gasteiger partial charge in [-0.2, -0.15) is 0 Å². The summed E-state index contributed by atoms with van der Waals surface area (Å²) >= 11 is 3.41. The molecule has 0 spiro atoms. The van der Waals surface area contributed by atoms with Crippen LogP contribution in [0.5, 0.6) is 0 Å². The van der Waals surface area contributed by atoms with Crippen molar-refractivity contribution in [2.45, 2.75) is 13.0 Å². The molecule has 146 valence electrons. The summed E-state index contributed by atoms with van der Waals surface area (Å²) in [7, 11) is 0. The fourth-order valence-corrected chi connectivity index (χ4v) is 3.39. The number of hydrogen-bond donors (Lipinski definition) is 2. The molecule has 1 aromatic heterocycles. The Morgan fingerprint density at radius 3 is 2.45 bits per heavy atom. The Morgan fingerprint density at radius 2 is 1.79 bits per heavy atom. The zero-order valence-corrected chi connectivity index (χ0v) is 17.0. The maximum Gasteiger partial charge on any atom is 0.335 e. The van der Waals surface area contributed by atoms with Gasteiger partial charge in [0.2, 0.25) is 0 Å². The van der Waals surface area contributed by atoms with Crippen molar-refractivity contribution in [1.82, 2.24) is 5.43 Å². The lowest BCUT2D eigenvalue weighted by Gasteiger charge is -2.16. The molecule has 1 amide bonds. The van der Waals surface area contributed by atoms with E-state index in [1.54, 1.807) is 18.2 Å². The number of aromatic carboxylic acids is 1. The molecule has 0 aliphatic carbocycles. The molecular weight excluding hydrogens is 436 g/mol. The Kier molecular flexibility index (Phi) is 5.08. The Balaban J connectivity index is 1.57. The van der Waals surface area contributed by atoms with Gasteiger partial charge in [-0.1, -0.05) is 28.1 Å². The number of furan rings is 1. The molecule has 7 heteroatoms. The number of amides is 1. The summed E-state index contributed by atoms with van der Waals surface area (Å²) in [5.74, 6) is 0.0901. The maximum atomic E-state index is 12.9. The van der Waals surface area contributed by atoms with E-state index in [1.807, 2.05) is 43.3 Å². The van der Waals surface area contributed by atoms with Gasteiger partial charge in [0.25, 0.3) is 5.91 Å². The van der Waals surface area contributed by atoms with Gasteiger partial charge in [0, 0.05) is 15.6 Å². The average molecular weight is 453 g/mol. The van der Waals surface area contributed by atoms with Gasteiger partial charge in [-0.25, -0.2) is 15.2 Å². The molecule has 1 fully saturated rings. The molecule has 2 heterocycles. The molecule has 0 radical (unpaired) electrons. The molecule has 6 nitrogen and oxygen atoms in total. The van der Waals surface area contributed by atoms with Crippen molar-refractivity contribution >= 4 is 39.6 Å². The number of hydrazine groups is 1. The van der Waals surface area contributed by atoms with Gasteiger partial charge in [-0.15, -0.1) is 0 Å². The number of benzene rings is 2. The fourth-order valence-electron chi connectivity index (χ4n) is 3.12. The minimum atomic E-state index is -1.01. The second-order valence-electron chi connectivity index (χ2n) is 6.65.